The molecule has 0 fully saturated rings. The fourth-order valence-electron chi connectivity index (χ4n) is 1.15. The molecule has 1 heteroatoms. The van der Waals surface area contributed by atoms with E-state index in [-0.39, 0.29) is 0 Å². The second kappa shape index (κ2) is 7.11. The van der Waals surface area contributed by atoms with Crippen LogP contribution in [0.4, 0.5) is 0 Å². The Morgan fingerprint density at radius 1 is 1.25 bits per heavy atom. The highest BCUT2D eigenvalue weighted by atomic mass is 16.5. The van der Waals surface area contributed by atoms with Crippen LogP contribution in [0.5, 0.6) is 0 Å². The van der Waals surface area contributed by atoms with Gasteiger partial charge in [0.1, 0.15) is 0 Å². The van der Waals surface area contributed by atoms with Crippen LogP contribution in [0.25, 0.3) is 0 Å². The summed E-state index contributed by atoms with van der Waals surface area (Å²) in [4.78, 5) is 0. The summed E-state index contributed by atoms with van der Waals surface area (Å²) in [6.07, 6.45) is 6.05. The van der Waals surface area contributed by atoms with Crippen molar-refractivity contribution in [3.63, 3.8) is 0 Å². The third-order valence-corrected chi connectivity index (χ3v) is 1.61. The zero-order valence-corrected chi connectivity index (χ0v) is 8.25. The smallest absolute Gasteiger partial charge is 0.0648 e. The van der Waals surface area contributed by atoms with Crippen LogP contribution in [-0.4, -0.2) is 12.7 Å². The molecule has 0 aromatic heterocycles. The van der Waals surface area contributed by atoms with Gasteiger partial charge < -0.3 is 4.74 Å². The molecule has 0 heterocycles. The minimum atomic E-state index is 0.320. The minimum absolute atomic E-state index is 0.320. The van der Waals surface area contributed by atoms with Gasteiger partial charge in [-0.2, -0.15) is 0 Å². The van der Waals surface area contributed by atoms with E-state index in [1.54, 1.807) is 6.08 Å². The number of hydrogen-bond donors (Lipinski definition) is 0. The third-order valence-electron chi connectivity index (χ3n) is 1.61. The average molecular weight is 168 g/mol. The molecule has 0 aliphatic heterocycles. The minimum Gasteiger partial charge on any atom is -0.374 e. The van der Waals surface area contributed by atoms with Crippen LogP contribution in [0.3, 0.4) is 0 Å². The van der Waals surface area contributed by atoms with Crippen LogP contribution in [0, 0.1) is 5.92 Å². The fourth-order valence-corrected chi connectivity index (χ4v) is 1.15. The first kappa shape index (κ1) is 11.4. The summed E-state index contributed by atoms with van der Waals surface area (Å²) >= 11 is 0. The molecule has 0 aromatic rings. The lowest BCUT2D eigenvalue weighted by molar-refractivity contribution is 0.0609. The predicted octanol–water partition coefficient (Wildman–Crippen LogP) is 3.18. The Kier molecular flexibility index (Phi) is 6.78. The molecule has 0 aromatic carbocycles. The SMILES string of the molecule is C=CCOC(CC=C)CC(C)C. The van der Waals surface area contributed by atoms with Crippen molar-refractivity contribution in [2.45, 2.75) is 32.8 Å². The summed E-state index contributed by atoms with van der Waals surface area (Å²) in [6, 6.07) is 0. The van der Waals surface area contributed by atoms with Crippen molar-refractivity contribution in [2.75, 3.05) is 6.61 Å². The predicted molar refractivity (Wildman–Crippen MR) is 54.2 cm³/mol. The van der Waals surface area contributed by atoms with E-state index >= 15 is 0 Å². The van der Waals surface area contributed by atoms with Gasteiger partial charge in [-0.3, -0.25) is 0 Å². The third kappa shape index (κ3) is 6.17. The summed E-state index contributed by atoms with van der Waals surface area (Å²) in [7, 11) is 0. The molecule has 0 rings (SSSR count). The van der Waals surface area contributed by atoms with Crippen LogP contribution in [0.2, 0.25) is 0 Å². The monoisotopic (exact) mass is 168 g/mol. The summed E-state index contributed by atoms with van der Waals surface area (Å²) < 4.78 is 5.55. The Balaban J connectivity index is 3.68. The highest BCUT2D eigenvalue weighted by Crippen LogP contribution is 2.11. The van der Waals surface area contributed by atoms with Gasteiger partial charge in [0.2, 0.25) is 0 Å². The van der Waals surface area contributed by atoms with Gasteiger partial charge in [0.05, 0.1) is 12.7 Å². The molecule has 1 unspecified atom stereocenters. The maximum Gasteiger partial charge on any atom is 0.0648 e. The van der Waals surface area contributed by atoms with Crippen molar-refractivity contribution in [2.24, 2.45) is 5.92 Å². The summed E-state index contributed by atoms with van der Waals surface area (Å²) in [6.45, 7) is 12.4. The molecule has 1 nitrogen and oxygen atoms in total. The number of ether oxygens (including phenoxy) is 1. The van der Waals surface area contributed by atoms with Crippen LogP contribution >= 0.6 is 0 Å². The van der Waals surface area contributed by atoms with E-state index in [0.29, 0.717) is 18.6 Å². The lowest BCUT2D eigenvalue weighted by Gasteiger charge is -2.17. The fraction of sp³-hybridized carbons (Fsp3) is 0.636. The normalized spacial score (nSPS) is 12.9. The van der Waals surface area contributed by atoms with E-state index in [0.717, 1.165) is 12.8 Å². The number of hydrogen-bond acceptors (Lipinski definition) is 1. The molecule has 0 aliphatic rings. The molecular formula is C11H20O. The van der Waals surface area contributed by atoms with Crippen molar-refractivity contribution >= 4 is 0 Å². The molecule has 0 N–H and O–H groups in total. The van der Waals surface area contributed by atoms with E-state index in [9.17, 15) is 0 Å². The van der Waals surface area contributed by atoms with Crippen molar-refractivity contribution in [1.82, 2.24) is 0 Å². The Bertz CT molecular complexity index is 127. The van der Waals surface area contributed by atoms with Crippen LogP contribution in [0.15, 0.2) is 25.3 Å². The Morgan fingerprint density at radius 2 is 1.92 bits per heavy atom. The van der Waals surface area contributed by atoms with Crippen LogP contribution in [-0.2, 0) is 4.74 Å². The van der Waals surface area contributed by atoms with Gasteiger partial charge in [-0.1, -0.05) is 26.0 Å². The van der Waals surface area contributed by atoms with Crippen molar-refractivity contribution in [3.05, 3.63) is 25.3 Å². The number of rotatable bonds is 7. The van der Waals surface area contributed by atoms with E-state index in [1.165, 1.54) is 0 Å². The molecule has 0 spiro atoms. The first-order valence-corrected chi connectivity index (χ1v) is 4.54. The Labute approximate surface area is 76.1 Å². The summed E-state index contributed by atoms with van der Waals surface area (Å²) in [5, 5.41) is 0. The van der Waals surface area contributed by atoms with Crippen molar-refractivity contribution < 1.29 is 4.74 Å². The van der Waals surface area contributed by atoms with Gasteiger partial charge in [-0.05, 0) is 18.8 Å². The molecule has 1 atom stereocenters. The highest BCUT2D eigenvalue weighted by Gasteiger charge is 2.08. The molecule has 0 bridgehead atoms. The Hall–Kier alpha value is -0.560. The molecule has 0 saturated heterocycles. The van der Waals surface area contributed by atoms with Crippen molar-refractivity contribution in [1.29, 1.82) is 0 Å². The van der Waals surface area contributed by atoms with Crippen molar-refractivity contribution in [3.8, 4) is 0 Å². The van der Waals surface area contributed by atoms with E-state index in [4.69, 9.17) is 4.74 Å². The molecule has 70 valence electrons. The molecule has 12 heavy (non-hydrogen) atoms. The van der Waals surface area contributed by atoms with Gasteiger partial charge in [0, 0.05) is 0 Å². The Morgan fingerprint density at radius 3 is 2.33 bits per heavy atom. The summed E-state index contributed by atoms with van der Waals surface area (Å²) in [5.74, 6) is 0.680. The van der Waals surface area contributed by atoms with Crippen LogP contribution in [0.1, 0.15) is 26.7 Å². The maximum absolute atomic E-state index is 5.55. The van der Waals surface area contributed by atoms with Gasteiger partial charge in [-0.25, -0.2) is 0 Å². The van der Waals surface area contributed by atoms with E-state index in [1.807, 2.05) is 6.08 Å². The van der Waals surface area contributed by atoms with Gasteiger partial charge in [0.25, 0.3) is 0 Å². The lowest BCUT2D eigenvalue weighted by Crippen LogP contribution is -2.14. The van der Waals surface area contributed by atoms with Gasteiger partial charge in [-0.15, -0.1) is 13.2 Å². The highest BCUT2D eigenvalue weighted by molar-refractivity contribution is 4.76. The molecular weight excluding hydrogens is 148 g/mol. The lowest BCUT2D eigenvalue weighted by atomic mass is 10.0. The molecule has 0 aliphatic carbocycles. The zero-order valence-electron chi connectivity index (χ0n) is 8.25. The molecule has 0 radical (unpaired) electrons. The van der Waals surface area contributed by atoms with Crippen LogP contribution < -0.4 is 0 Å². The molecule has 0 saturated carbocycles. The van der Waals surface area contributed by atoms with E-state index in [2.05, 4.69) is 27.0 Å². The standard InChI is InChI=1S/C11H20O/c1-5-7-11(9-10(3)4)12-8-6-2/h5-6,10-11H,1-2,7-9H2,3-4H3. The van der Waals surface area contributed by atoms with Gasteiger partial charge >= 0.3 is 0 Å². The quantitative estimate of drug-likeness (QED) is 0.530. The largest absolute Gasteiger partial charge is 0.374 e. The first-order chi connectivity index (χ1) is 5.70. The second-order valence-electron chi connectivity index (χ2n) is 3.40. The van der Waals surface area contributed by atoms with E-state index < -0.39 is 0 Å². The summed E-state index contributed by atoms with van der Waals surface area (Å²) in [5.41, 5.74) is 0. The zero-order chi connectivity index (χ0) is 9.40. The second-order valence-corrected chi connectivity index (χ2v) is 3.40. The maximum atomic E-state index is 5.55. The average Bonchev–Trinajstić information content (AvgIpc) is 2.00. The molecule has 0 amide bonds. The topological polar surface area (TPSA) is 9.23 Å². The first-order valence-electron chi connectivity index (χ1n) is 4.54. The van der Waals surface area contributed by atoms with Gasteiger partial charge in [0.15, 0.2) is 0 Å².